The number of halogens is 2. The average molecular weight is 396 g/mol. The van der Waals surface area contributed by atoms with E-state index in [0.717, 1.165) is 42.3 Å². The number of rotatable bonds is 2. The highest BCUT2D eigenvalue weighted by Gasteiger charge is 2.17. The van der Waals surface area contributed by atoms with Crippen LogP contribution in [0, 0.1) is 27.7 Å². The Morgan fingerprint density at radius 1 is 0.750 bits per heavy atom. The van der Waals surface area contributed by atoms with Crippen LogP contribution in [0.3, 0.4) is 0 Å². The van der Waals surface area contributed by atoms with Gasteiger partial charge in [-0.05, 0) is 49.9 Å². The van der Waals surface area contributed by atoms with E-state index < -0.39 is 0 Å². The fraction of sp³-hybridized carbons (Fsp3) is 0.235. The van der Waals surface area contributed by atoms with Crippen LogP contribution >= 0.6 is 31.9 Å². The highest BCUT2D eigenvalue weighted by Crippen LogP contribution is 2.29. The van der Waals surface area contributed by atoms with Gasteiger partial charge >= 0.3 is 0 Å². The number of hydrogen-bond acceptors (Lipinski definition) is 1. The Bertz CT molecular complexity index is 643. The lowest BCUT2D eigenvalue weighted by Crippen LogP contribution is -2.07. The molecular weight excluding hydrogens is 380 g/mol. The predicted octanol–water partition coefficient (Wildman–Crippen LogP) is 5.68. The zero-order valence-electron chi connectivity index (χ0n) is 12.0. The van der Waals surface area contributed by atoms with Crippen LogP contribution in [0.5, 0.6) is 0 Å². The van der Waals surface area contributed by atoms with Gasteiger partial charge in [0.1, 0.15) is 0 Å². The van der Waals surface area contributed by atoms with Gasteiger partial charge in [0.05, 0.1) is 0 Å². The molecule has 2 rings (SSSR count). The number of hydrogen-bond donors (Lipinski definition) is 0. The van der Waals surface area contributed by atoms with E-state index in [2.05, 4.69) is 31.9 Å². The molecule has 20 heavy (non-hydrogen) atoms. The molecule has 0 spiro atoms. The summed E-state index contributed by atoms with van der Waals surface area (Å²) in [6, 6.07) is 7.77. The van der Waals surface area contributed by atoms with E-state index >= 15 is 0 Å². The van der Waals surface area contributed by atoms with Gasteiger partial charge in [0, 0.05) is 20.1 Å². The molecule has 0 unspecified atom stereocenters. The fourth-order valence-electron chi connectivity index (χ4n) is 2.28. The second kappa shape index (κ2) is 5.82. The van der Waals surface area contributed by atoms with Gasteiger partial charge in [0.25, 0.3) is 0 Å². The van der Waals surface area contributed by atoms with Crippen LogP contribution in [0.1, 0.15) is 38.2 Å². The third kappa shape index (κ3) is 2.61. The van der Waals surface area contributed by atoms with Crippen molar-refractivity contribution in [3.63, 3.8) is 0 Å². The molecule has 0 aromatic heterocycles. The van der Waals surface area contributed by atoms with E-state index in [4.69, 9.17) is 0 Å². The molecule has 0 atom stereocenters. The molecule has 0 aliphatic rings. The van der Waals surface area contributed by atoms with Crippen LogP contribution in [-0.2, 0) is 0 Å². The predicted molar refractivity (Wildman–Crippen MR) is 90.7 cm³/mol. The van der Waals surface area contributed by atoms with Crippen LogP contribution in [0.4, 0.5) is 0 Å². The van der Waals surface area contributed by atoms with Crippen molar-refractivity contribution >= 4 is 37.6 Å². The van der Waals surface area contributed by atoms with E-state index in [1.807, 2.05) is 52.0 Å². The van der Waals surface area contributed by atoms with Crippen LogP contribution in [0.15, 0.2) is 33.2 Å². The lowest BCUT2D eigenvalue weighted by Gasteiger charge is -2.12. The molecule has 0 N–H and O–H groups in total. The minimum absolute atomic E-state index is 0.0707. The van der Waals surface area contributed by atoms with Gasteiger partial charge in [0.15, 0.2) is 5.78 Å². The van der Waals surface area contributed by atoms with Crippen molar-refractivity contribution in [3.8, 4) is 0 Å². The number of benzene rings is 2. The molecule has 3 heteroatoms. The maximum atomic E-state index is 12.8. The molecular formula is C17H16Br2O. The zero-order valence-corrected chi connectivity index (χ0v) is 15.1. The first kappa shape index (κ1) is 15.5. The summed E-state index contributed by atoms with van der Waals surface area (Å²) in [4.78, 5) is 12.8. The van der Waals surface area contributed by atoms with Gasteiger partial charge in [-0.3, -0.25) is 4.79 Å². The minimum atomic E-state index is 0.0707. The van der Waals surface area contributed by atoms with Crippen molar-refractivity contribution < 1.29 is 4.79 Å². The lowest BCUT2D eigenvalue weighted by atomic mass is 9.94. The topological polar surface area (TPSA) is 17.1 Å². The van der Waals surface area contributed by atoms with E-state index in [1.165, 1.54) is 0 Å². The maximum absolute atomic E-state index is 12.8. The largest absolute Gasteiger partial charge is 0.289 e. The standard InChI is InChI=1S/C17H16Br2O/c1-9-5-7-13(11(3)15(9)18)17(20)14-8-6-10(2)16(19)12(14)4/h5-8H,1-4H3. The fourth-order valence-corrected chi connectivity index (χ4v) is 2.97. The molecule has 2 aromatic rings. The molecule has 104 valence electrons. The minimum Gasteiger partial charge on any atom is -0.289 e. The molecule has 0 radical (unpaired) electrons. The van der Waals surface area contributed by atoms with Crippen LogP contribution in [0.2, 0.25) is 0 Å². The van der Waals surface area contributed by atoms with Crippen molar-refractivity contribution in [3.05, 3.63) is 66.6 Å². The number of carbonyl (C=O) groups excluding carboxylic acids is 1. The summed E-state index contributed by atoms with van der Waals surface area (Å²) < 4.78 is 2.01. The summed E-state index contributed by atoms with van der Waals surface area (Å²) >= 11 is 7.11. The van der Waals surface area contributed by atoms with Gasteiger partial charge < -0.3 is 0 Å². The van der Waals surface area contributed by atoms with Crippen LogP contribution < -0.4 is 0 Å². The Kier molecular flexibility index (Phi) is 4.50. The normalized spacial score (nSPS) is 10.7. The van der Waals surface area contributed by atoms with Gasteiger partial charge in [-0.15, -0.1) is 0 Å². The van der Waals surface area contributed by atoms with Crippen molar-refractivity contribution in [1.82, 2.24) is 0 Å². The number of ketones is 1. The van der Waals surface area contributed by atoms with E-state index in [9.17, 15) is 4.79 Å². The first-order chi connectivity index (χ1) is 9.34. The maximum Gasteiger partial charge on any atom is 0.193 e. The average Bonchev–Trinajstić information content (AvgIpc) is 2.42. The Balaban J connectivity index is 2.58. The Morgan fingerprint density at radius 3 is 1.45 bits per heavy atom. The van der Waals surface area contributed by atoms with Gasteiger partial charge in [-0.25, -0.2) is 0 Å². The summed E-state index contributed by atoms with van der Waals surface area (Å²) in [6.45, 7) is 8.00. The molecule has 0 amide bonds. The van der Waals surface area contributed by atoms with Crippen LogP contribution in [0.25, 0.3) is 0 Å². The van der Waals surface area contributed by atoms with Gasteiger partial charge in [-0.2, -0.15) is 0 Å². The first-order valence-corrected chi connectivity index (χ1v) is 7.99. The number of carbonyl (C=O) groups is 1. The van der Waals surface area contributed by atoms with Crippen molar-refractivity contribution in [2.24, 2.45) is 0 Å². The highest BCUT2D eigenvalue weighted by atomic mass is 79.9. The zero-order chi connectivity index (χ0) is 15.0. The summed E-state index contributed by atoms with van der Waals surface area (Å²) in [5.41, 5.74) is 5.77. The quantitative estimate of drug-likeness (QED) is 0.598. The first-order valence-electron chi connectivity index (χ1n) is 6.40. The molecule has 2 aromatic carbocycles. The molecule has 1 nitrogen and oxygen atoms in total. The summed E-state index contributed by atoms with van der Waals surface area (Å²) in [6.07, 6.45) is 0. The third-order valence-electron chi connectivity index (χ3n) is 3.65. The SMILES string of the molecule is Cc1ccc(C(=O)c2ccc(C)c(Br)c2C)c(C)c1Br. The Labute approximate surface area is 136 Å². The lowest BCUT2D eigenvalue weighted by molar-refractivity contribution is 0.103. The van der Waals surface area contributed by atoms with Crippen molar-refractivity contribution in [2.75, 3.05) is 0 Å². The van der Waals surface area contributed by atoms with E-state index in [1.54, 1.807) is 0 Å². The van der Waals surface area contributed by atoms with Crippen molar-refractivity contribution in [2.45, 2.75) is 27.7 Å². The highest BCUT2D eigenvalue weighted by molar-refractivity contribution is 9.10. The van der Waals surface area contributed by atoms with Crippen LogP contribution in [-0.4, -0.2) is 5.78 Å². The summed E-state index contributed by atoms with van der Waals surface area (Å²) in [7, 11) is 0. The summed E-state index contributed by atoms with van der Waals surface area (Å²) in [5, 5.41) is 0. The third-order valence-corrected chi connectivity index (χ3v) is 6.09. The monoisotopic (exact) mass is 394 g/mol. The molecule has 0 saturated heterocycles. The molecule has 0 aliphatic heterocycles. The van der Waals surface area contributed by atoms with E-state index in [-0.39, 0.29) is 5.78 Å². The van der Waals surface area contributed by atoms with Crippen molar-refractivity contribution in [1.29, 1.82) is 0 Å². The molecule has 0 saturated carbocycles. The Hall–Kier alpha value is -0.930. The Morgan fingerprint density at radius 2 is 1.10 bits per heavy atom. The summed E-state index contributed by atoms with van der Waals surface area (Å²) in [5.74, 6) is 0.0707. The second-order valence-electron chi connectivity index (χ2n) is 5.07. The van der Waals surface area contributed by atoms with E-state index in [0.29, 0.717) is 0 Å². The molecule has 0 aliphatic carbocycles. The molecule has 0 bridgehead atoms. The number of aryl methyl sites for hydroxylation is 2. The molecule has 0 heterocycles. The van der Waals surface area contributed by atoms with Gasteiger partial charge in [0.2, 0.25) is 0 Å². The van der Waals surface area contributed by atoms with Gasteiger partial charge in [-0.1, -0.05) is 56.1 Å². The molecule has 0 fully saturated rings. The smallest absolute Gasteiger partial charge is 0.193 e. The second-order valence-corrected chi connectivity index (χ2v) is 6.65.